The first-order valence-electron chi connectivity index (χ1n) is 42.6. The van der Waals surface area contributed by atoms with E-state index in [2.05, 4.69) is 20.4 Å². The van der Waals surface area contributed by atoms with Crippen LogP contribution in [-0.2, 0) is 77.2 Å². The van der Waals surface area contributed by atoms with Crippen molar-refractivity contribution in [1.82, 2.24) is 20.4 Å². The molecule has 4 aliphatic heterocycles. The molecule has 0 atom stereocenters. The molecule has 24 aliphatic rings. The second-order valence-corrected chi connectivity index (χ2v) is 38.6. The Hall–Kier alpha value is -2.60. The van der Waals surface area contributed by atoms with E-state index in [1.807, 2.05) is 0 Å². The predicted octanol–water partition coefficient (Wildman–Crippen LogP) is 13.7. The molecule has 4 saturated heterocycles. The van der Waals surface area contributed by atoms with E-state index in [1.165, 1.54) is 128 Å². The van der Waals surface area contributed by atoms with Crippen molar-refractivity contribution < 1.29 is 77.2 Å². The van der Waals surface area contributed by atoms with Gasteiger partial charge in [0.15, 0.2) is 0 Å². The van der Waals surface area contributed by atoms with E-state index in [0.717, 1.165) is 79.4 Å². The summed E-state index contributed by atoms with van der Waals surface area (Å²) in [5.74, 6) is 4.23. The first-order valence-corrected chi connectivity index (χ1v) is 42.6. The van der Waals surface area contributed by atoms with Crippen LogP contribution in [0.25, 0.3) is 0 Å². The molecule has 4 heterocycles. The van der Waals surface area contributed by atoms with Crippen LogP contribution in [0.1, 0.15) is 276 Å². The van der Waals surface area contributed by atoms with Gasteiger partial charge in [0, 0.05) is 162 Å². The molecule has 0 aromatic heterocycles. The molecule has 4 amide bonds. The first-order chi connectivity index (χ1) is 49.1. The van der Waals surface area contributed by atoms with Crippen LogP contribution >= 0.6 is 0 Å². The number of ether oxygens (including phenoxy) is 4. The van der Waals surface area contributed by atoms with Gasteiger partial charge >= 0.3 is 0 Å². The Morgan fingerprint density at radius 3 is 0.733 bits per heavy atom. The van der Waals surface area contributed by atoms with Gasteiger partial charge in [0.25, 0.3) is 0 Å². The van der Waals surface area contributed by atoms with E-state index >= 15 is 0 Å². The molecular formula is C81H120N4O16. The van der Waals surface area contributed by atoms with Gasteiger partial charge in [-0.1, -0.05) is 19.3 Å². The number of amides is 4. The largest absolute Gasteiger partial charge is 0.356 e. The predicted molar refractivity (Wildman–Crippen MR) is 362 cm³/mol. The maximum atomic E-state index is 14.9. The smallest absolute Gasteiger partial charge is 0.225 e. The van der Waals surface area contributed by atoms with Crippen molar-refractivity contribution in [1.29, 1.82) is 0 Å². The van der Waals surface area contributed by atoms with E-state index in [1.54, 1.807) is 0 Å². The summed E-state index contributed by atoms with van der Waals surface area (Å²) in [6.07, 6.45) is 41.2. The fourth-order valence-electron chi connectivity index (χ4n) is 28.0. The lowest BCUT2D eigenvalue weighted by Gasteiger charge is -2.57. The number of carbonyl (C=O) groups is 4. The molecule has 20 heteroatoms. The second-order valence-electron chi connectivity index (χ2n) is 38.6. The fourth-order valence-corrected chi connectivity index (χ4v) is 28.0. The summed E-state index contributed by atoms with van der Waals surface area (Å²) in [5, 5.41) is 6.59. The van der Waals surface area contributed by atoms with Gasteiger partial charge < -0.3 is 39.4 Å². The number of carbonyl (C=O) groups excluding carboxylic acids is 4. The van der Waals surface area contributed by atoms with E-state index in [0.29, 0.717) is 202 Å². The maximum Gasteiger partial charge on any atom is 0.225 e. The lowest BCUT2D eigenvalue weighted by atomic mass is 9.53. The molecule has 101 heavy (non-hydrogen) atoms. The van der Waals surface area contributed by atoms with Gasteiger partial charge in [-0.3, -0.25) is 19.2 Å². The minimum Gasteiger partial charge on any atom is -0.356 e. The third-order valence-corrected chi connectivity index (χ3v) is 32.5. The molecule has 16 bridgehead atoms. The molecule has 24 rings (SSSR count). The van der Waals surface area contributed by atoms with E-state index in [4.69, 9.17) is 58.0 Å². The van der Waals surface area contributed by atoms with Crippen LogP contribution < -0.4 is 10.6 Å². The van der Waals surface area contributed by atoms with E-state index < -0.39 is 46.3 Å². The quantitative estimate of drug-likeness (QED) is 0.0858. The number of rotatable bonds is 20. The number of hydrogen-bond acceptors (Lipinski definition) is 16. The van der Waals surface area contributed by atoms with Gasteiger partial charge in [0.2, 0.25) is 69.9 Å². The highest BCUT2D eigenvalue weighted by Crippen LogP contribution is 2.69. The van der Waals surface area contributed by atoms with Crippen molar-refractivity contribution in [3.8, 4) is 0 Å². The lowest BCUT2D eigenvalue weighted by Crippen LogP contribution is -2.59. The number of nitrogens with zero attached hydrogens (tertiary/aromatic N) is 2. The Labute approximate surface area is 598 Å². The van der Waals surface area contributed by atoms with Crippen molar-refractivity contribution in [2.45, 2.75) is 322 Å². The third kappa shape index (κ3) is 11.9. The molecule has 2 N–H and O–H groups in total. The van der Waals surface area contributed by atoms with E-state index in [-0.39, 0.29) is 47.3 Å². The molecule has 8 spiro atoms. The molecule has 560 valence electrons. The summed E-state index contributed by atoms with van der Waals surface area (Å²) in [6.45, 7) is 3.53. The molecule has 0 aromatic rings. The zero-order valence-corrected chi connectivity index (χ0v) is 60.6. The summed E-state index contributed by atoms with van der Waals surface area (Å²) in [6, 6.07) is 0. The van der Waals surface area contributed by atoms with Crippen molar-refractivity contribution in [2.75, 3.05) is 39.3 Å². The Kier molecular flexibility index (Phi) is 17.5. The van der Waals surface area contributed by atoms with Crippen LogP contribution in [0.2, 0.25) is 0 Å². The zero-order valence-electron chi connectivity index (χ0n) is 60.6. The first kappa shape index (κ1) is 67.7. The Balaban J connectivity index is 0.441. The van der Waals surface area contributed by atoms with Gasteiger partial charge in [-0.25, -0.2) is 0 Å². The van der Waals surface area contributed by atoms with Crippen molar-refractivity contribution >= 4 is 23.6 Å². The second kappa shape index (κ2) is 26.1. The van der Waals surface area contributed by atoms with E-state index in [9.17, 15) is 19.2 Å². The number of nitrogens with one attached hydrogen (secondary N) is 2. The highest BCUT2D eigenvalue weighted by Gasteiger charge is 2.72. The average molecular weight is 1410 g/mol. The highest BCUT2D eigenvalue weighted by molar-refractivity contribution is 5.80. The summed E-state index contributed by atoms with van der Waals surface area (Å²) < 4.78 is 28.1. The van der Waals surface area contributed by atoms with Crippen molar-refractivity contribution in [2.24, 2.45) is 118 Å². The number of hydrogen-bond donors (Lipinski definition) is 2. The Morgan fingerprint density at radius 1 is 0.267 bits per heavy atom. The molecule has 24 fully saturated rings. The van der Waals surface area contributed by atoms with Gasteiger partial charge in [-0.05, 0) is 253 Å². The average Bonchev–Trinajstić information content (AvgIpc) is 1.67. The third-order valence-electron chi connectivity index (χ3n) is 32.5. The molecule has 0 aromatic carbocycles. The minimum absolute atomic E-state index is 0.0841. The van der Waals surface area contributed by atoms with Crippen LogP contribution in [0.3, 0.4) is 0 Å². The van der Waals surface area contributed by atoms with Crippen LogP contribution in [0.5, 0.6) is 0 Å². The van der Waals surface area contributed by atoms with Crippen LogP contribution in [0.15, 0.2) is 0 Å². The maximum absolute atomic E-state index is 14.9. The van der Waals surface area contributed by atoms with Crippen LogP contribution in [-0.4, -0.2) is 119 Å². The molecule has 20 saturated carbocycles. The summed E-state index contributed by atoms with van der Waals surface area (Å²) in [7, 11) is 0. The summed E-state index contributed by atoms with van der Waals surface area (Å²) >= 11 is 0. The molecular weight excluding hydrogens is 1280 g/mol. The topological polar surface area (TPSA) is 210 Å². The molecule has 20 aliphatic carbocycles. The van der Waals surface area contributed by atoms with Gasteiger partial charge in [-0.15, -0.1) is 0 Å². The van der Waals surface area contributed by atoms with Crippen molar-refractivity contribution in [3.05, 3.63) is 0 Å². The lowest BCUT2D eigenvalue weighted by molar-refractivity contribution is -0.390. The van der Waals surface area contributed by atoms with Crippen molar-refractivity contribution in [3.63, 3.8) is 0 Å². The van der Waals surface area contributed by atoms with Gasteiger partial charge in [0.05, 0.1) is 0 Å². The highest BCUT2D eigenvalue weighted by atomic mass is 17.3. The minimum atomic E-state index is -0.781. The fraction of sp³-hybridized carbons (Fsp3) is 0.951. The molecule has 20 nitrogen and oxygen atoms in total. The van der Waals surface area contributed by atoms with Crippen LogP contribution in [0.4, 0.5) is 0 Å². The molecule has 0 radical (unpaired) electrons. The summed E-state index contributed by atoms with van der Waals surface area (Å²) in [4.78, 5) is 112. The van der Waals surface area contributed by atoms with Gasteiger partial charge in [0.1, 0.15) is 0 Å². The monoisotopic (exact) mass is 1400 g/mol. The Bertz CT molecular complexity index is 2780. The zero-order chi connectivity index (χ0) is 67.6. The Morgan fingerprint density at radius 2 is 0.485 bits per heavy atom. The standard InChI is InChI=1S/C81H120N4O16/c86-70(58-8-16-74(17-9-58)90-78(98-94-74)62-34-50-30-51(36-62)37-63(78)35-50)82-24-6-28-84(72(88)60-12-20-76(21-13-60)92-80(100-96-76)66-42-54-32-55(44-66)45-67(80)43-54)26-4-2-1-3-5-27-85(73(89)61-14-22-77(23-15-61)93-81(101-97-77)68-46-56-33-57(48-68)49-69(81)47-56)29-7-25-83-71(87)59-10-18-75(19-11-59)91-79(99-95-75)64-38-52-31-53(40-64)41-65(79)39-52/h50-69H,1-49H2,(H,82,86)(H,83,87). The normalized spacial score (nSPS) is 50.9. The van der Waals surface area contributed by atoms with Crippen LogP contribution in [0, 0.1) is 118 Å². The summed E-state index contributed by atoms with van der Waals surface area (Å²) in [5.41, 5.74) is 0. The SMILES string of the molecule is O=C(NCCCN(CCCCCCCN(CCCNC(=O)C1CCC2(CC1)OOC1(O2)C2CC3CC(C2)CC1C3)C(=O)C1CCC2(CC1)OOC1(O2)C2CC3CC(C2)CC1C3)C(=O)C1CCC2(CC1)OOC1(O2)C2CC3CC(C2)CC1C3)C1CCC2(CC1)OOC1(O2)C2CC3CC(C2)CC1C3. The molecule has 0 unspecified atom stereocenters. The number of unbranched alkanes of at least 4 members (excludes halogenated alkanes) is 4. The van der Waals surface area contributed by atoms with Gasteiger partial charge in [-0.2, -0.15) is 39.1 Å².